The Labute approximate surface area is 343 Å². The van der Waals surface area contributed by atoms with E-state index >= 15 is 0 Å². The van der Waals surface area contributed by atoms with Gasteiger partial charge < -0.3 is 9.32 Å². The summed E-state index contributed by atoms with van der Waals surface area (Å²) in [7, 11) is 0. The molecule has 0 N–H and O–H groups in total. The molecule has 0 saturated carbocycles. The van der Waals surface area contributed by atoms with Crippen molar-refractivity contribution >= 4 is 102 Å². The fourth-order valence-electron chi connectivity index (χ4n) is 8.71. The Bertz CT molecular complexity index is 3520. The summed E-state index contributed by atoms with van der Waals surface area (Å²) in [5.74, 6) is 0. The van der Waals surface area contributed by atoms with Gasteiger partial charge in [-0.05, 0) is 94.5 Å². The zero-order valence-corrected chi connectivity index (χ0v) is 32.9. The second kappa shape index (κ2) is 13.3. The number of para-hydroxylation sites is 2. The Balaban J connectivity index is 0.975. The molecule has 58 heavy (non-hydrogen) atoms. The first-order valence-corrected chi connectivity index (χ1v) is 21.2. The van der Waals surface area contributed by atoms with Gasteiger partial charge in [0.2, 0.25) is 0 Å². The first kappa shape index (κ1) is 33.2. The molecule has 3 aromatic heterocycles. The van der Waals surface area contributed by atoms with Crippen molar-refractivity contribution in [1.29, 1.82) is 0 Å². The van der Waals surface area contributed by atoms with Crippen LogP contribution in [0.15, 0.2) is 205 Å². The summed E-state index contributed by atoms with van der Waals surface area (Å²) < 4.78 is 11.7. The van der Waals surface area contributed by atoms with Crippen molar-refractivity contribution in [2.45, 2.75) is 0 Å². The predicted octanol–water partition coefficient (Wildman–Crippen LogP) is 16.8. The van der Waals surface area contributed by atoms with Crippen LogP contribution in [0.25, 0.3) is 95.7 Å². The molecule has 9 aromatic carbocycles. The van der Waals surface area contributed by atoms with Gasteiger partial charge in [-0.15, -0.1) is 22.7 Å². The maximum absolute atomic E-state index is 6.44. The average molecular weight is 776 g/mol. The van der Waals surface area contributed by atoms with Crippen molar-refractivity contribution in [3.8, 4) is 33.4 Å². The van der Waals surface area contributed by atoms with Gasteiger partial charge >= 0.3 is 0 Å². The summed E-state index contributed by atoms with van der Waals surface area (Å²) in [5.41, 5.74) is 12.2. The van der Waals surface area contributed by atoms with Crippen LogP contribution in [-0.2, 0) is 0 Å². The van der Waals surface area contributed by atoms with Crippen LogP contribution < -0.4 is 4.90 Å². The van der Waals surface area contributed by atoms with Gasteiger partial charge in [-0.3, -0.25) is 0 Å². The zero-order valence-electron chi connectivity index (χ0n) is 31.2. The number of hydrogen-bond acceptors (Lipinski definition) is 4. The van der Waals surface area contributed by atoms with Crippen LogP contribution in [0.2, 0.25) is 0 Å². The second-order valence-corrected chi connectivity index (χ2v) is 17.0. The summed E-state index contributed by atoms with van der Waals surface area (Å²) >= 11 is 3.73. The SMILES string of the molecule is c1cc(-c2cccc3c2sc2ccccc23)cc(N(c2ccc(-c3ccc4sc5ccccc5c4c3)cc2)c2ccc(-c3cccc4c3oc3ccccc34)cc2)c1. The highest BCUT2D eigenvalue weighted by molar-refractivity contribution is 7.26. The van der Waals surface area contributed by atoms with Gasteiger partial charge in [-0.1, -0.05) is 133 Å². The highest BCUT2D eigenvalue weighted by atomic mass is 32.1. The van der Waals surface area contributed by atoms with Crippen LogP contribution in [0.3, 0.4) is 0 Å². The third-order valence-electron chi connectivity index (χ3n) is 11.5. The van der Waals surface area contributed by atoms with Crippen molar-refractivity contribution < 1.29 is 4.42 Å². The van der Waals surface area contributed by atoms with E-state index in [1.807, 2.05) is 34.8 Å². The van der Waals surface area contributed by atoms with E-state index in [4.69, 9.17) is 4.42 Å². The third-order valence-corrected chi connectivity index (χ3v) is 13.9. The van der Waals surface area contributed by atoms with E-state index in [1.54, 1.807) is 0 Å². The van der Waals surface area contributed by atoms with E-state index in [2.05, 4.69) is 193 Å². The van der Waals surface area contributed by atoms with E-state index in [0.29, 0.717) is 0 Å². The second-order valence-electron chi connectivity index (χ2n) is 14.8. The van der Waals surface area contributed by atoms with Crippen molar-refractivity contribution in [2.75, 3.05) is 4.90 Å². The molecule has 12 rings (SSSR count). The minimum atomic E-state index is 0.908. The van der Waals surface area contributed by atoms with Crippen molar-refractivity contribution in [2.24, 2.45) is 0 Å². The van der Waals surface area contributed by atoms with E-state index in [1.165, 1.54) is 62.6 Å². The van der Waals surface area contributed by atoms with E-state index in [-0.39, 0.29) is 0 Å². The lowest BCUT2D eigenvalue weighted by atomic mass is 10.00. The minimum absolute atomic E-state index is 0.908. The van der Waals surface area contributed by atoms with Gasteiger partial charge in [0.15, 0.2) is 0 Å². The standard InChI is InChI=1S/C54H33NOS2/c1-4-19-49-43(12-1)46-17-8-15-41(53(46)56-49)35-24-29-39(30-25-35)55(38-27-22-34(23-28-38)36-26-31-52-48(33-36)45-14-3-5-20-50(45)57-52)40-11-7-10-37(32-40)42-16-9-18-47-44-13-2-6-21-51(44)58-54(42)47/h1-33H. The summed E-state index contributed by atoms with van der Waals surface area (Å²) in [4.78, 5) is 2.37. The molecule has 2 nitrogen and oxygen atoms in total. The zero-order chi connectivity index (χ0) is 38.2. The number of fused-ring (bicyclic) bond motifs is 9. The molecule has 0 unspecified atom stereocenters. The lowest BCUT2D eigenvalue weighted by Gasteiger charge is -2.26. The van der Waals surface area contributed by atoms with E-state index in [0.717, 1.165) is 50.1 Å². The average Bonchev–Trinajstić information content (AvgIpc) is 3.98. The summed E-state index contributed by atoms with van der Waals surface area (Å²) in [6.45, 7) is 0. The molecule has 0 saturated heterocycles. The smallest absolute Gasteiger partial charge is 0.143 e. The van der Waals surface area contributed by atoms with E-state index < -0.39 is 0 Å². The Kier molecular flexibility index (Phi) is 7.62. The van der Waals surface area contributed by atoms with Crippen molar-refractivity contribution in [3.63, 3.8) is 0 Å². The van der Waals surface area contributed by atoms with Crippen LogP contribution in [0, 0.1) is 0 Å². The largest absolute Gasteiger partial charge is 0.455 e. The number of rotatable bonds is 6. The summed E-state index contributed by atoms with van der Waals surface area (Å²) in [6, 6.07) is 72.7. The Morgan fingerprint density at radius 2 is 0.914 bits per heavy atom. The maximum atomic E-state index is 6.44. The summed E-state index contributed by atoms with van der Waals surface area (Å²) in [6.07, 6.45) is 0. The Morgan fingerprint density at radius 3 is 1.71 bits per heavy atom. The molecular weight excluding hydrogens is 743 g/mol. The number of hydrogen-bond donors (Lipinski definition) is 0. The minimum Gasteiger partial charge on any atom is -0.455 e. The molecule has 0 amide bonds. The summed E-state index contributed by atoms with van der Waals surface area (Å²) in [5, 5.41) is 7.52. The van der Waals surface area contributed by atoms with Gasteiger partial charge in [0.25, 0.3) is 0 Å². The topological polar surface area (TPSA) is 16.4 Å². The van der Waals surface area contributed by atoms with Crippen LogP contribution in [0.4, 0.5) is 17.1 Å². The molecule has 0 aliphatic carbocycles. The lowest BCUT2D eigenvalue weighted by molar-refractivity contribution is 0.670. The molecule has 0 bridgehead atoms. The number of anilines is 3. The number of thiophene rings is 2. The molecule has 3 heterocycles. The van der Waals surface area contributed by atoms with Gasteiger partial charge in [-0.2, -0.15) is 0 Å². The molecule has 0 radical (unpaired) electrons. The van der Waals surface area contributed by atoms with Gasteiger partial charge in [-0.25, -0.2) is 0 Å². The normalized spacial score (nSPS) is 11.8. The van der Waals surface area contributed by atoms with Gasteiger partial charge in [0, 0.05) is 73.7 Å². The van der Waals surface area contributed by atoms with Crippen LogP contribution in [0.1, 0.15) is 0 Å². The first-order chi connectivity index (χ1) is 28.7. The van der Waals surface area contributed by atoms with Crippen LogP contribution in [-0.4, -0.2) is 0 Å². The molecule has 272 valence electrons. The lowest BCUT2D eigenvalue weighted by Crippen LogP contribution is -2.10. The molecule has 4 heteroatoms. The van der Waals surface area contributed by atoms with Gasteiger partial charge in [0.05, 0.1) is 0 Å². The quantitative estimate of drug-likeness (QED) is 0.167. The highest BCUT2D eigenvalue weighted by Crippen LogP contribution is 2.44. The third kappa shape index (κ3) is 5.37. The Hall–Kier alpha value is -6.98. The molecule has 0 atom stereocenters. The maximum Gasteiger partial charge on any atom is 0.143 e. The van der Waals surface area contributed by atoms with Gasteiger partial charge in [0.1, 0.15) is 11.2 Å². The molecule has 0 aliphatic rings. The molecular formula is C54H33NOS2. The molecule has 12 aromatic rings. The fourth-order valence-corrected chi connectivity index (χ4v) is 11.0. The monoisotopic (exact) mass is 775 g/mol. The van der Waals surface area contributed by atoms with Crippen molar-refractivity contribution in [3.05, 3.63) is 200 Å². The molecule has 0 aliphatic heterocycles. The van der Waals surface area contributed by atoms with Crippen molar-refractivity contribution in [1.82, 2.24) is 0 Å². The molecule has 0 spiro atoms. The Morgan fingerprint density at radius 1 is 0.328 bits per heavy atom. The fraction of sp³-hybridized carbons (Fsp3) is 0. The van der Waals surface area contributed by atoms with E-state index in [9.17, 15) is 0 Å². The highest BCUT2D eigenvalue weighted by Gasteiger charge is 2.18. The van der Waals surface area contributed by atoms with Crippen LogP contribution in [0.5, 0.6) is 0 Å². The number of furan rings is 1. The van der Waals surface area contributed by atoms with Crippen LogP contribution >= 0.6 is 22.7 Å². The first-order valence-electron chi connectivity index (χ1n) is 19.6. The predicted molar refractivity (Wildman–Crippen MR) is 250 cm³/mol. The number of nitrogens with zero attached hydrogens (tertiary/aromatic N) is 1. The molecule has 0 fully saturated rings. The number of benzene rings is 9.